The van der Waals surface area contributed by atoms with Crippen LogP contribution in [0.3, 0.4) is 0 Å². The number of hydrogen-bond acceptors (Lipinski definition) is 5. The van der Waals surface area contributed by atoms with Gasteiger partial charge in [0.2, 0.25) is 0 Å². The van der Waals surface area contributed by atoms with E-state index in [0.29, 0.717) is 0 Å². The Morgan fingerprint density at radius 2 is 1.44 bits per heavy atom. The minimum absolute atomic E-state index is 0. The summed E-state index contributed by atoms with van der Waals surface area (Å²) in [6.45, 7) is 1.96. The molecule has 7 heteroatoms. The van der Waals surface area contributed by atoms with Crippen LogP contribution in [0.4, 0.5) is 11.4 Å². The number of rotatable bonds is 1. The molecule has 0 amide bonds. The molecule has 0 fully saturated rings. The minimum atomic E-state index is -4.33. The van der Waals surface area contributed by atoms with Gasteiger partial charge in [-0.05, 0) is 55.0 Å². The Bertz CT molecular complexity index is 800. The molecule has 2 heterocycles. The molecule has 25 heavy (non-hydrogen) atoms. The van der Waals surface area contributed by atoms with Gasteiger partial charge in [-0.2, -0.15) is 0 Å². The molecular weight excluding hydrogens is 347 g/mol. The summed E-state index contributed by atoms with van der Waals surface area (Å²) in [4.78, 5) is -0.161. The molecule has 2 aliphatic heterocycles. The van der Waals surface area contributed by atoms with Gasteiger partial charge in [-0.25, -0.2) is 8.42 Å². The van der Waals surface area contributed by atoms with Crippen LogP contribution in [-0.4, -0.2) is 26.1 Å². The summed E-state index contributed by atoms with van der Waals surface area (Å²) in [5, 5.41) is 6.43. The van der Waals surface area contributed by atoms with Gasteiger partial charge in [0.1, 0.15) is 10.1 Å². The van der Waals surface area contributed by atoms with Gasteiger partial charge in [0.15, 0.2) is 0 Å². The van der Waals surface area contributed by atoms with Crippen LogP contribution < -0.4 is 40.2 Å². The SMILES string of the molecule is O=S(=O)([O-])c1ccc2c(c1)NCCC2.[Na+].c1ccc2c(c1)CCCN2. The zero-order chi connectivity index (χ0) is 17.0. The number of benzene rings is 2. The first-order valence-corrected chi connectivity index (χ1v) is 9.59. The van der Waals surface area contributed by atoms with Gasteiger partial charge >= 0.3 is 29.6 Å². The fraction of sp³-hybridized carbons (Fsp3) is 0.333. The summed E-state index contributed by atoms with van der Waals surface area (Å²) in [5.74, 6) is 0. The number of aryl methyl sites for hydroxylation is 2. The summed E-state index contributed by atoms with van der Waals surface area (Å²) in [6, 6.07) is 13.0. The van der Waals surface area contributed by atoms with Crippen molar-refractivity contribution >= 4 is 21.5 Å². The first kappa shape index (κ1) is 20.3. The van der Waals surface area contributed by atoms with Gasteiger partial charge in [-0.3, -0.25) is 0 Å². The van der Waals surface area contributed by atoms with Gasteiger partial charge in [0.25, 0.3) is 0 Å². The van der Waals surface area contributed by atoms with E-state index in [2.05, 4.69) is 34.9 Å². The quantitative estimate of drug-likeness (QED) is 0.547. The van der Waals surface area contributed by atoms with Crippen LogP contribution in [0.1, 0.15) is 24.0 Å². The Labute approximate surface area is 171 Å². The van der Waals surface area contributed by atoms with Gasteiger partial charge in [0, 0.05) is 24.5 Å². The van der Waals surface area contributed by atoms with Crippen LogP contribution >= 0.6 is 0 Å². The fourth-order valence-corrected chi connectivity index (χ4v) is 3.51. The smallest absolute Gasteiger partial charge is 0.744 e. The van der Waals surface area contributed by atoms with Crippen LogP contribution in [0.25, 0.3) is 0 Å². The van der Waals surface area contributed by atoms with Gasteiger partial charge < -0.3 is 15.2 Å². The Hall–Kier alpha value is -1.05. The van der Waals surface area contributed by atoms with Crippen molar-refractivity contribution in [1.29, 1.82) is 0 Å². The van der Waals surface area contributed by atoms with Crippen molar-refractivity contribution in [2.45, 2.75) is 30.6 Å². The molecule has 0 bridgehead atoms. The largest absolute Gasteiger partial charge is 1.00 e. The standard InChI is InChI=1S/C9H11NO3S.C9H11N.Na/c11-14(12,13)8-4-3-7-2-1-5-10-9(7)6-8;1-2-6-9-8(4-1)5-3-7-10-9;/h3-4,6,10H,1-2,5H2,(H,11,12,13);1-2,4,6,10H,3,5,7H2;/q;;+1/p-1. The molecule has 0 unspecified atom stereocenters. The van der Waals surface area contributed by atoms with Gasteiger partial charge in [-0.15, -0.1) is 0 Å². The second-order valence-electron chi connectivity index (χ2n) is 5.99. The van der Waals surface area contributed by atoms with E-state index in [4.69, 9.17) is 0 Å². The topological polar surface area (TPSA) is 81.3 Å². The molecule has 0 radical (unpaired) electrons. The van der Waals surface area contributed by atoms with Crippen molar-refractivity contribution in [3.05, 3.63) is 53.6 Å². The Balaban J connectivity index is 0.000000182. The van der Waals surface area contributed by atoms with Crippen molar-refractivity contribution in [3.63, 3.8) is 0 Å². The van der Waals surface area contributed by atoms with Gasteiger partial charge in [-0.1, -0.05) is 24.3 Å². The zero-order valence-corrected chi connectivity index (χ0v) is 17.2. The minimum Gasteiger partial charge on any atom is -0.744 e. The first-order chi connectivity index (χ1) is 11.5. The molecule has 2 aromatic carbocycles. The summed E-state index contributed by atoms with van der Waals surface area (Å²) < 4.78 is 32.2. The second-order valence-corrected chi connectivity index (χ2v) is 7.37. The van der Waals surface area contributed by atoms with E-state index >= 15 is 0 Å². The van der Waals surface area contributed by atoms with E-state index in [9.17, 15) is 13.0 Å². The number of fused-ring (bicyclic) bond motifs is 2. The maximum Gasteiger partial charge on any atom is 1.00 e. The van der Waals surface area contributed by atoms with Crippen molar-refractivity contribution in [2.75, 3.05) is 23.7 Å². The average molecular weight is 368 g/mol. The number of anilines is 2. The molecule has 0 aliphatic carbocycles. The predicted molar refractivity (Wildman–Crippen MR) is 94.5 cm³/mol. The van der Waals surface area contributed by atoms with Gasteiger partial charge in [0.05, 0.1) is 4.90 Å². The molecule has 5 nitrogen and oxygen atoms in total. The molecule has 0 spiro atoms. The average Bonchev–Trinajstić information content (AvgIpc) is 2.61. The first-order valence-electron chi connectivity index (χ1n) is 8.18. The molecule has 0 atom stereocenters. The third-order valence-corrected chi connectivity index (χ3v) is 5.10. The van der Waals surface area contributed by atoms with Crippen molar-refractivity contribution in [3.8, 4) is 0 Å². The molecule has 4 rings (SSSR count). The Kier molecular flexibility index (Phi) is 7.34. The van der Waals surface area contributed by atoms with E-state index < -0.39 is 10.1 Å². The van der Waals surface area contributed by atoms with E-state index in [1.165, 1.54) is 36.2 Å². The van der Waals surface area contributed by atoms with Crippen molar-refractivity contribution < 1.29 is 42.5 Å². The van der Waals surface area contributed by atoms with Crippen LogP contribution in [0.2, 0.25) is 0 Å². The molecule has 0 aromatic heterocycles. The Morgan fingerprint density at radius 1 is 0.840 bits per heavy atom. The second kappa shape index (κ2) is 9.05. The Morgan fingerprint density at radius 3 is 2.08 bits per heavy atom. The summed E-state index contributed by atoms with van der Waals surface area (Å²) in [5.41, 5.74) is 4.64. The molecule has 0 saturated carbocycles. The number of hydrogen-bond donors (Lipinski definition) is 2. The maximum atomic E-state index is 10.7. The van der Waals surface area contributed by atoms with E-state index in [-0.39, 0.29) is 34.5 Å². The van der Waals surface area contributed by atoms with Crippen LogP contribution in [-0.2, 0) is 23.0 Å². The number of nitrogens with one attached hydrogen (secondary N) is 2. The molecule has 2 N–H and O–H groups in total. The van der Waals surface area contributed by atoms with E-state index in [1.54, 1.807) is 6.07 Å². The van der Waals surface area contributed by atoms with E-state index in [1.807, 2.05) is 0 Å². The monoisotopic (exact) mass is 368 g/mol. The third kappa shape index (κ3) is 5.46. The van der Waals surface area contributed by atoms with Crippen LogP contribution in [0.5, 0.6) is 0 Å². The van der Waals surface area contributed by atoms with Crippen LogP contribution in [0, 0.1) is 0 Å². The molecule has 0 saturated heterocycles. The molecule has 2 aliphatic rings. The van der Waals surface area contributed by atoms with Crippen LogP contribution in [0.15, 0.2) is 47.4 Å². The normalized spacial score (nSPS) is 15.1. The number of para-hydroxylation sites is 1. The maximum absolute atomic E-state index is 10.7. The van der Waals surface area contributed by atoms with E-state index in [0.717, 1.165) is 37.2 Å². The summed E-state index contributed by atoms with van der Waals surface area (Å²) in [7, 11) is -4.33. The zero-order valence-electron chi connectivity index (χ0n) is 14.4. The summed E-state index contributed by atoms with van der Waals surface area (Å²) in [6.07, 6.45) is 4.48. The fourth-order valence-electron chi connectivity index (χ4n) is 3.01. The van der Waals surface area contributed by atoms with Crippen molar-refractivity contribution in [2.24, 2.45) is 0 Å². The van der Waals surface area contributed by atoms with Crippen molar-refractivity contribution in [1.82, 2.24) is 0 Å². The molecule has 128 valence electrons. The molecular formula is C18H21N2NaO3S. The predicted octanol–water partition coefficient (Wildman–Crippen LogP) is -0.00250. The summed E-state index contributed by atoms with van der Waals surface area (Å²) >= 11 is 0. The third-order valence-electron chi connectivity index (χ3n) is 4.26. The molecule has 2 aromatic rings.